The number of nitrogens with one attached hydrogen (secondary N) is 1. The van der Waals surface area contributed by atoms with Crippen LogP contribution in [0.4, 0.5) is 0 Å². The van der Waals surface area contributed by atoms with E-state index >= 15 is 0 Å². The van der Waals surface area contributed by atoms with E-state index in [-0.39, 0.29) is 24.0 Å². The molecule has 1 saturated carbocycles. The fourth-order valence-corrected chi connectivity index (χ4v) is 3.28. The number of guanidine groups is 1. The molecule has 0 unspecified atom stereocenters. The van der Waals surface area contributed by atoms with Crippen LogP contribution in [0.25, 0.3) is 10.9 Å². The molecule has 0 aliphatic heterocycles. The molecular weight excluding hydrogens is 399 g/mol. The second-order valence-electron chi connectivity index (χ2n) is 6.17. The molecule has 0 amide bonds. The standard InChI is InChI=1S/C18H26N4.HI/c19-18(21-16-8-2-1-3-9-16)20-12-6-13-22-14-11-15-7-4-5-10-17(15)22;/h4-5,7,10-11,14,16H,1-3,6,8-9,12-13H2,(H3,19,20,21);1H. The summed E-state index contributed by atoms with van der Waals surface area (Å²) in [7, 11) is 0. The van der Waals surface area contributed by atoms with Gasteiger partial charge in [0.2, 0.25) is 0 Å². The van der Waals surface area contributed by atoms with Crippen molar-refractivity contribution in [3.63, 3.8) is 0 Å². The zero-order valence-corrected chi connectivity index (χ0v) is 15.9. The smallest absolute Gasteiger partial charge is 0.188 e. The average Bonchev–Trinajstić information content (AvgIpc) is 2.96. The van der Waals surface area contributed by atoms with E-state index in [1.807, 2.05) is 0 Å². The number of benzene rings is 1. The third kappa shape index (κ3) is 5.12. The molecule has 1 aromatic carbocycles. The number of aliphatic imine (C=N–C) groups is 1. The Kier molecular flexibility index (Phi) is 7.20. The Labute approximate surface area is 155 Å². The minimum atomic E-state index is 0. The molecule has 0 spiro atoms. The van der Waals surface area contributed by atoms with Crippen LogP contribution in [0.15, 0.2) is 41.5 Å². The van der Waals surface area contributed by atoms with E-state index in [4.69, 9.17) is 5.73 Å². The molecule has 4 nitrogen and oxygen atoms in total. The summed E-state index contributed by atoms with van der Waals surface area (Å²) in [5.74, 6) is 0.615. The number of para-hydroxylation sites is 1. The molecule has 1 heterocycles. The molecule has 1 aliphatic carbocycles. The van der Waals surface area contributed by atoms with Crippen LogP contribution >= 0.6 is 24.0 Å². The summed E-state index contributed by atoms with van der Waals surface area (Å²) in [4.78, 5) is 4.47. The molecule has 1 fully saturated rings. The minimum absolute atomic E-state index is 0. The molecule has 0 saturated heterocycles. The molecule has 3 rings (SSSR count). The van der Waals surface area contributed by atoms with Gasteiger partial charge >= 0.3 is 0 Å². The van der Waals surface area contributed by atoms with E-state index in [0.29, 0.717) is 12.0 Å². The predicted octanol–water partition coefficient (Wildman–Crippen LogP) is 3.89. The zero-order chi connectivity index (χ0) is 15.2. The van der Waals surface area contributed by atoms with Crippen LogP contribution in [0.1, 0.15) is 38.5 Å². The molecule has 23 heavy (non-hydrogen) atoms. The number of aryl methyl sites for hydroxylation is 1. The van der Waals surface area contributed by atoms with Crippen LogP contribution < -0.4 is 11.1 Å². The highest BCUT2D eigenvalue weighted by atomic mass is 127. The third-order valence-corrected chi connectivity index (χ3v) is 4.48. The third-order valence-electron chi connectivity index (χ3n) is 4.48. The number of rotatable bonds is 5. The van der Waals surface area contributed by atoms with Crippen molar-refractivity contribution in [2.45, 2.75) is 51.1 Å². The first kappa shape index (κ1) is 18.1. The topological polar surface area (TPSA) is 55.3 Å². The Balaban J connectivity index is 0.00000192. The zero-order valence-electron chi connectivity index (χ0n) is 13.6. The molecular formula is C18H27IN4. The number of nitrogens with two attached hydrogens (primary N) is 1. The van der Waals surface area contributed by atoms with Crippen molar-refractivity contribution in [3.05, 3.63) is 36.5 Å². The van der Waals surface area contributed by atoms with Crippen molar-refractivity contribution in [3.8, 4) is 0 Å². The van der Waals surface area contributed by atoms with Gasteiger partial charge in [-0.1, -0.05) is 37.5 Å². The lowest BCUT2D eigenvalue weighted by Gasteiger charge is -2.23. The van der Waals surface area contributed by atoms with Crippen molar-refractivity contribution in [1.29, 1.82) is 0 Å². The van der Waals surface area contributed by atoms with Crippen molar-refractivity contribution in [2.24, 2.45) is 10.7 Å². The van der Waals surface area contributed by atoms with Crippen LogP contribution in [0.3, 0.4) is 0 Å². The first-order valence-electron chi connectivity index (χ1n) is 8.43. The molecule has 126 valence electrons. The number of aromatic nitrogens is 1. The van der Waals surface area contributed by atoms with E-state index in [1.165, 1.54) is 43.0 Å². The van der Waals surface area contributed by atoms with Gasteiger partial charge in [0.15, 0.2) is 5.96 Å². The van der Waals surface area contributed by atoms with Crippen molar-refractivity contribution in [2.75, 3.05) is 6.54 Å². The summed E-state index contributed by atoms with van der Waals surface area (Å²) >= 11 is 0. The van der Waals surface area contributed by atoms with E-state index in [9.17, 15) is 0 Å². The van der Waals surface area contributed by atoms with Gasteiger partial charge in [-0.2, -0.15) is 0 Å². The quantitative estimate of drug-likeness (QED) is 0.330. The first-order chi connectivity index (χ1) is 10.8. The van der Waals surface area contributed by atoms with Crippen LogP contribution in [-0.4, -0.2) is 23.1 Å². The Bertz CT molecular complexity index is 629. The van der Waals surface area contributed by atoms with E-state index in [0.717, 1.165) is 19.5 Å². The number of nitrogens with zero attached hydrogens (tertiary/aromatic N) is 2. The maximum atomic E-state index is 5.99. The van der Waals surface area contributed by atoms with Gasteiger partial charge in [-0.25, -0.2) is 0 Å². The van der Waals surface area contributed by atoms with E-state index in [2.05, 4.69) is 51.4 Å². The van der Waals surface area contributed by atoms with Crippen molar-refractivity contribution in [1.82, 2.24) is 9.88 Å². The summed E-state index contributed by atoms with van der Waals surface area (Å²) in [5.41, 5.74) is 7.28. The molecule has 1 aromatic heterocycles. The first-order valence-corrected chi connectivity index (χ1v) is 8.43. The second kappa shape index (κ2) is 9.15. The highest BCUT2D eigenvalue weighted by Crippen LogP contribution is 2.17. The number of hydrogen-bond donors (Lipinski definition) is 2. The maximum Gasteiger partial charge on any atom is 0.188 e. The van der Waals surface area contributed by atoms with Gasteiger partial charge in [0.25, 0.3) is 0 Å². The molecule has 2 aromatic rings. The minimum Gasteiger partial charge on any atom is -0.370 e. The molecule has 0 radical (unpaired) electrons. The Morgan fingerprint density at radius 1 is 1.17 bits per heavy atom. The number of hydrogen-bond acceptors (Lipinski definition) is 1. The lowest BCUT2D eigenvalue weighted by molar-refractivity contribution is 0.412. The normalized spacial score (nSPS) is 16.3. The maximum absolute atomic E-state index is 5.99. The van der Waals surface area contributed by atoms with Crippen LogP contribution in [-0.2, 0) is 6.54 Å². The molecule has 0 bridgehead atoms. The van der Waals surface area contributed by atoms with Crippen LogP contribution in [0, 0.1) is 0 Å². The Morgan fingerprint density at radius 2 is 1.96 bits per heavy atom. The Morgan fingerprint density at radius 3 is 2.78 bits per heavy atom. The largest absolute Gasteiger partial charge is 0.370 e. The van der Waals surface area contributed by atoms with Gasteiger partial charge in [-0.15, -0.1) is 24.0 Å². The van der Waals surface area contributed by atoms with Gasteiger partial charge in [-0.05, 0) is 36.8 Å². The van der Waals surface area contributed by atoms with Gasteiger partial charge in [0.1, 0.15) is 0 Å². The van der Waals surface area contributed by atoms with Crippen LogP contribution in [0.5, 0.6) is 0 Å². The average molecular weight is 426 g/mol. The summed E-state index contributed by atoms with van der Waals surface area (Å²) in [6, 6.07) is 11.2. The fourth-order valence-electron chi connectivity index (χ4n) is 3.28. The molecule has 0 atom stereocenters. The lowest BCUT2D eigenvalue weighted by atomic mass is 9.96. The monoisotopic (exact) mass is 426 g/mol. The molecule has 3 N–H and O–H groups in total. The highest BCUT2D eigenvalue weighted by Gasteiger charge is 2.13. The van der Waals surface area contributed by atoms with Crippen LogP contribution in [0.2, 0.25) is 0 Å². The van der Waals surface area contributed by atoms with E-state index in [1.54, 1.807) is 0 Å². The second-order valence-corrected chi connectivity index (χ2v) is 6.17. The summed E-state index contributed by atoms with van der Waals surface area (Å²) in [6.45, 7) is 1.76. The van der Waals surface area contributed by atoms with E-state index < -0.39 is 0 Å². The predicted molar refractivity (Wildman–Crippen MR) is 108 cm³/mol. The van der Waals surface area contributed by atoms with Gasteiger partial charge < -0.3 is 15.6 Å². The number of halogens is 1. The van der Waals surface area contributed by atoms with Gasteiger partial charge in [-0.3, -0.25) is 4.99 Å². The Hall–Kier alpha value is -1.24. The lowest BCUT2D eigenvalue weighted by Crippen LogP contribution is -2.41. The summed E-state index contributed by atoms with van der Waals surface area (Å²) < 4.78 is 2.29. The molecule has 5 heteroatoms. The van der Waals surface area contributed by atoms with Gasteiger partial charge in [0, 0.05) is 30.8 Å². The summed E-state index contributed by atoms with van der Waals surface area (Å²) in [6.07, 6.45) is 9.60. The highest BCUT2D eigenvalue weighted by molar-refractivity contribution is 14.0. The van der Waals surface area contributed by atoms with Crippen molar-refractivity contribution < 1.29 is 0 Å². The SMILES string of the molecule is I.NC(=NCCCn1ccc2ccccc21)NC1CCCCC1. The van der Waals surface area contributed by atoms with Gasteiger partial charge in [0.05, 0.1) is 0 Å². The fraction of sp³-hybridized carbons (Fsp3) is 0.500. The summed E-state index contributed by atoms with van der Waals surface area (Å²) in [5, 5.41) is 4.66. The van der Waals surface area contributed by atoms with Crippen molar-refractivity contribution >= 4 is 40.8 Å². The molecule has 1 aliphatic rings. The number of fused-ring (bicyclic) bond motifs is 1.